The van der Waals surface area contributed by atoms with E-state index in [4.69, 9.17) is 0 Å². The summed E-state index contributed by atoms with van der Waals surface area (Å²) in [6.45, 7) is 0. The average Bonchev–Trinajstić information content (AvgIpc) is 3.52. The Morgan fingerprint density at radius 1 is 0.545 bits per heavy atom. The van der Waals surface area contributed by atoms with Gasteiger partial charge in [0.05, 0.1) is 16.6 Å². The van der Waals surface area contributed by atoms with Gasteiger partial charge in [0.15, 0.2) is 0 Å². The summed E-state index contributed by atoms with van der Waals surface area (Å²) in [6.07, 6.45) is 0. The zero-order chi connectivity index (χ0) is 21.5. The van der Waals surface area contributed by atoms with Crippen LogP contribution in [-0.4, -0.2) is 9.55 Å². The first-order valence-corrected chi connectivity index (χ1v) is 12.0. The van der Waals surface area contributed by atoms with Gasteiger partial charge in [-0.2, -0.15) is 0 Å². The van der Waals surface area contributed by atoms with E-state index in [0.717, 1.165) is 0 Å². The van der Waals surface area contributed by atoms with Gasteiger partial charge in [-0.15, -0.1) is 11.3 Å². The second kappa shape index (κ2) is 6.25. The van der Waals surface area contributed by atoms with Gasteiger partial charge in [-0.25, -0.2) is 0 Å². The van der Waals surface area contributed by atoms with Crippen molar-refractivity contribution in [2.24, 2.45) is 0 Å². The Labute approximate surface area is 193 Å². The van der Waals surface area contributed by atoms with Crippen LogP contribution in [0.25, 0.3) is 69.5 Å². The maximum atomic E-state index is 3.72. The number of nitrogens with one attached hydrogen (secondary N) is 1. The van der Waals surface area contributed by atoms with E-state index in [2.05, 4.69) is 113 Å². The summed E-state index contributed by atoms with van der Waals surface area (Å²) in [5, 5.41) is 7.83. The molecule has 154 valence electrons. The number of para-hydroxylation sites is 3. The molecule has 0 radical (unpaired) electrons. The number of nitrogens with zero attached hydrogens (tertiary/aromatic N) is 1. The third-order valence-electron chi connectivity index (χ3n) is 6.92. The van der Waals surface area contributed by atoms with Crippen molar-refractivity contribution in [3.8, 4) is 5.69 Å². The summed E-state index contributed by atoms with van der Waals surface area (Å²) in [6, 6.07) is 37.4. The lowest BCUT2D eigenvalue weighted by molar-refractivity contribution is 1.18. The molecule has 0 saturated heterocycles. The number of aromatic amines is 1. The van der Waals surface area contributed by atoms with Crippen molar-refractivity contribution in [2.45, 2.75) is 0 Å². The van der Waals surface area contributed by atoms with E-state index < -0.39 is 0 Å². The minimum atomic E-state index is 1.19. The van der Waals surface area contributed by atoms with E-state index in [9.17, 15) is 0 Å². The molecular weight excluding hydrogens is 420 g/mol. The Hall–Kier alpha value is -4.08. The topological polar surface area (TPSA) is 20.7 Å². The minimum Gasteiger partial charge on any atom is -0.354 e. The van der Waals surface area contributed by atoms with Crippen LogP contribution in [0.1, 0.15) is 0 Å². The lowest BCUT2D eigenvalue weighted by Crippen LogP contribution is -1.92. The second-order valence-corrected chi connectivity index (χ2v) is 9.77. The normalized spacial score (nSPS) is 12.2. The number of rotatable bonds is 1. The summed E-state index contributed by atoms with van der Waals surface area (Å²) in [5.41, 5.74) is 6.12. The van der Waals surface area contributed by atoms with Crippen molar-refractivity contribution in [1.29, 1.82) is 0 Å². The fourth-order valence-electron chi connectivity index (χ4n) is 5.50. The molecule has 3 aromatic heterocycles. The average molecular weight is 439 g/mol. The third kappa shape index (κ3) is 2.27. The largest absolute Gasteiger partial charge is 0.354 e. The van der Waals surface area contributed by atoms with Gasteiger partial charge in [0.1, 0.15) is 0 Å². The van der Waals surface area contributed by atoms with Crippen molar-refractivity contribution in [1.82, 2.24) is 9.55 Å². The molecule has 0 bridgehead atoms. The molecule has 3 heterocycles. The van der Waals surface area contributed by atoms with Crippen molar-refractivity contribution in [3.05, 3.63) is 103 Å². The highest BCUT2D eigenvalue weighted by Gasteiger charge is 2.17. The lowest BCUT2D eigenvalue weighted by Gasteiger charge is -2.07. The summed E-state index contributed by atoms with van der Waals surface area (Å²) >= 11 is 1.89. The van der Waals surface area contributed by atoms with Crippen LogP contribution >= 0.6 is 11.3 Å². The second-order valence-electron chi connectivity index (χ2n) is 8.69. The van der Waals surface area contributed by atoms with Crippen LogP contribution in [0.4, 0.5) is 0 Å². The molecule has 8 aromatic rings. The fraction of sp³-hybridized carbons (Fsp3) is 0. The highest BCUT2D eigenvalue weighted by molar-refractivity contribution is 7.26. The van der Waals surface area contributed by atoms with Crippen molar-refractivity contribution >= 4 is 75.1 Å². The SMILES string of the molecule is c1ccc(-n2c3ccccc3c3cc4sc5ccc6c7ccccc7[nH]c6c5c4cc32)cc1. The monoisotopic (exact) mass is 438 g/mol. The van der Waals surface area contributed by atoms with E-state index in [0.29, 0.717) is 0 Å². The molecule has 0 spiro atoms. The molecule has 3 heteroatoms. The van der Waals surface area contributed by atoms with Gasteiger partial charge >= 0.3 is 0 Å². The molecule has 0 atom stereocenters. The van der Waals surface area contributed by atoms with Crippen molar-refractivity contribution in [2.75, 3.05) is 0 Å². The van der Waals surface area contributed by atoms with Crippen molar-refractivity contribution < 1.29 is 0 Å². The highest BCUT2D eigenvalue weighted by Crippen LogP contribution is 2.43. The highest BCUT2D eigenvalue weighted by atomic mass is 32.1. The number of hydrogen-bond acceptors (Lipinski definition) is 1. The number of hydrogen-bond donors (Lipinski definition) is 1. The van der Waals surface area contributed by atoms with Crippen LogP contribution in [0, 0.1) is 0 Å². The van der Waals surface area contributed by atoms with Gasteiger partial charge in [0.25, 0.3) is 0 Å². The zero-order valence-corrected chi connectivity index (χ0v) is 18.5. The molecule has 0 aliphatic heterocycles. The number of thiophene rings is 1. The zero-order valence-electron chi connectivity index (χ0n) is 17.7. The molecule has 0 saturated carbocycles. The molecular formula is C30H18N2S. The number of aromatic nitrogens is 2. The van der Waals surface area contributed by atoms with Gasteiger partial charge < -0.3 is 9.55 Å². The first-order chi connectivity index (χ1) is 16.4. The summed E-state index contributed by atoms with van der Waals surface area (Å²) < 4.78 is 5.06. The third-order valence-corrected chi connectivity index (χ3v) is 8.04. The Balaban J connectivity index is 1.59. The minimum absolute atomic E-state index is 1.19. The molecule has 8 rings (SSSR count). The summed E-state index contributed by atoms with van der Waals surface area (Å²) in [4.78, 5) is 3.72. The van der Waals surface area contributed by atoms with Gasteiger partial charge in [-0.3, -0.25) is 0 Å². The molecule has 2 nitrogen and oxygen atoms in total. The smallest absolute Gasteiger partial charge is 0.0559 e. The maximum Gasteiger partial charge on any atom is 0.0559 e. The number of fused-ring (bicyclic) bond motifs is 10. The van der Waals surface area contributed by atoms with E-state index in [1.54, 1.807) is 0 Å². The quantitative estimate of drug-likeness (QED) is 0.264. The van der Waals surface area contributed by atoms with Gasteiger partial charge in [-0.05, 0) is 42.5 Å². The predicted molar refractivity (Wildman–Crippen MR) is 143 cm³/mol. The van der Waals surface area contributed by atoms with E-state index in [1.807, 2.05) is 11.3 Å². The predicted octanol–water partition coefficient (Wildman–Crippen LogP) is 8.79. The van der Waals surface area contributed by atoms with E-state index in [1.165, 1.54) is 69.5 Å². The molecule has 33 heavy (non-hydrogen) atoms. The number of benzene rings is 5. The Morgan fingerprint density at radius 3 is 2.24 bits per heavy atom. The maximum absolute atomic E-state index is 3.72. The Morgan fingerprint density at radius 2 is 1.33 bits per heavy atom. The van der Waals surface area contributed by atoms with Crippen LogP contribution in [0.15, 0.2) is 103 Å². The van der Waals surface area contributed by atoms with E-state index >= 15 is 0 Å². The molecule has 0 fully saturated rings. The van der Waals surface area contributed by atoms with Gasteiger partial charge in [0.2, 0.25) is 0 Å². The Kier molecular flexibility index (Phi) is 3.31. The molecule has 0 amide bonds. The van der Waals surface area contributed by atoms with Crippen molar-refractivity contribution in [3.63, 3.8) is 0 Å². The molecule has 0 aliphatic rings. The van der Waals surface area contributed by atoms with Crippen LogP contribution in [-0.2, 0) is 0 Å². The molecule has 5 aromatic carbocycles. The fourth-order valence-corrected chi connectivity index (χ4v) is 6.64. The van der Waals surface area contributed by atoms with Gasteiger partial charge in [-0.1, -0.05) is 60.7 Å². The number of H-pyrrole nitrogens is 1. The summed E-state index contributed by atoms with van der Waals surface area (Å²) in [5.74, 6) is 0. The first-order valence-electron chi connectivity index (χ1n) is 11.2. The van der Waals surface area contributed by atoms with Crippen LogP contribution in [0.2, 0.25) is 0 Å². The molecule has 0 unspecified atom stereocenters. The first kappa shape index (κ1) is 17.5. The van der Waals surface area contributed by atoms with E-state index in [-0.39, 0.29) is 0 Å². The Bertz CT molecular complexity index is 2020. The van der Waals surface area contributed by atoms with Crippen LogP contribution < -0.4 is 0 Å². The van der Waals surface area contributed by atoms with Crippen LogP contribution in [0.5, 0.6) is 0 Å². The molecule has 1 N–H and O–H groups in total. The standard InChI is InChI=1S/C30H18N2S/c1-2-8-18(9-3-1)32-25-13-7-5-11-20(25)22-17-28-23(16-26(22)32)29-27(33-28)15-14-21-19-10-4-6-12-24(19)31-30(21)29/h1-17,31H. The van der Waals surface area contributed by atoms with Gasteiger partial charge in [0, 0.05) is 52.9 Å². The summed E-state index contributed by atoms with van der Waals surface area (Å²) in [7, 11) is 0. The van der Waals surface area contributed by atoms with Crippen LogP contribution in [0.3, 0.4) is 0 Å². The lowest BCUT2D eigenvalue weighted by atomic mass is 10.1. The molecule has 0 aliphatic carbocycles.